The van der Waals surface area contributed by atoms with E-state index in [0.717, 1.165) is 44.9 Å². The Labute approximate surface area is 175 Å². The van der Waals surface area contributed by atoms with Crippen LogP contribution in [0.3, 0.4) is 0 Å². The second-order valence-electron chi connectivity index (χ2n) is 7.54. The first-order chi connectivity index (χ1) is 14.5. The lowest BCUT2D eigenvalue weighted by molar-refractivity contribution is -0.121. The number of hydrogen-bond acceptors (Lipinski definition) is 6. The van der Waals surface area contributed by atoms with Gasteiger partial charge in [0.2, 0.25) is 5.91 Å². The predicted octanol–water partition coefficient (Wildman–Crippen LogP) is 0.548. The fourth-order valence-electron chi connectivity index (χ4n) is 3.42. The molecule has 1 fully saturated rings. The van der Waals surface area contributed by atoms with Crippen LogP contribution >= 0.6 is 0 Å². The van der Waals surface area contributed by atoms with Crippen LogP contribution in [0.25, 0.3) is 0 Å². The van der Waals surface area contributed by atoms with Gasteiger partial charge in [-0.1, -0.05) is 25.7 Å². The van der Waals surface area contributed by atoms with Crippen LogP contribution in [0.1, 0.15) is 69.6 Å². The van der Waals surface area contributed by atoms with E-state index in [2.05, 4.69) is 16.2 Å². The molecule has 1 aliphatic rings. The Morgan fingerprint density at radius 3 is 2.63 bits per heavy atom. The van der Waals surface area contributed by atoms with Crippen LogP contribution in [0.5, 0.6) is 0 Å². The van der Waals surface area contributed by atoms with Crippen LogP contribution in [0.4, 0.5) is 0 Å². The van der Waals surface area contributed by atoms with Crippen molar-refractivity contribution < 1.29 is 19.7 Å². The van der Waals surface area contributed by atoms with Gasteiger partial charge < -0.3 is 20.3 Å². The van der Waals surface area contributed by atoms with E-state index in [-0.39, 0.29) is 31.0 Å². The number of carbonyl (C=O) groups excluding carboxylic acids is 1. The topological polar surface area (TPSA) is 134 Å². The molecule has 1 amide bonds. The van der Waals surface area contributed by atoms with Gasteiger partial charge >= 0.3 is 5.69 Å². The van der Waals surface area contributed by atoms with Crippen molar-refractivity contribution in [3.05, 3.63) is 32.6 Å². The molecule has 3 atom stereocenters. The van der Waals surface area contributed by atoms with Crippen molar-refractivity contribution >= 4 is 5.91 Å². The number of nitrogens with zero attached hydrogens (tertiary/aromatic N) is 1. The standard InChI is InChI=1S/C21H31N3O6/c1-2-3-4-5-6-7-8-9-10-18(27)22-12-15-13-24(21(29)23-20(15)28)19-11-16(26)17(14-25)30-19/h1,13,16-17,19,25-26H,3-12,14H2,(H,22,27)(H,23,28,29). The number of ether oxygens (including phenoxy) is 1. The molecule has 0 spiro atoms. The van der Waals surface area contributed by atoms with E-state index in [0.29, 0.717) is 6.42 Å². The quantitative estimate of drug-likeness (QED) is 0.288. The highest BCUT2D eigenvalue weighted by atomic mass is 16.5. The summed E-state index contributed by atoms with van der Waals surface area (Å²) in [6.45, 7) is -0.386. The van der Waals surface area contributed by atoms with Crippen molar-refractivity contribution in [1.82, 2.24) is 14.9 Å². The molecule has 1 aromatic heterocycles. The summed E-state index contributed by atoms with van der Waals surface area (Å²) in [7, 11) is 0. The maximum Gasteiger partial charge on any atom is 0.330 e. The van der Waals surface area contributed by atoms with Gasteiger partial charge in [0.25, 0.3) is 5.56 Å². The molecule has 9 heteroatoms. The number of aliphatic hydroxyl groups excluding tert-OH is 2. The van der Waals surface area contributed by atoms with Gasteiger partial charge in [0, 0.05) is 32.0 Å². The fraction of sp³-hybridized carbons (Fsp3) is 0.667. The minimum absolute atomic E-state index is 0.0146. The Morgan fingerprint density at radius 2 is 1.97 bits per heavy atom. The molecule has 0 bridgehead atoms. The lowest BCUT2D eigenvalue weighted by Crippen LogP contribution is -2.36. The van der Waals surface area contributed by atoms with Crippen LogP contribution in [0, 0.1) is 12.3 Å². The van der Waals surface area contributed by atoms with Crippen molar-refractivity contribution in [1.29, 1.82) is 0 Å². The smallest absolute Gasteiger partial charge is 0.330 e. The average Bonchev–Trinajstić information content (AvgIpc) is 3.09. The second-order valence-corrected chi connectivity index (χ2v) is 7.54. The van der Waals surface area contributed by atoms with Gasteiger partial charge in [-0.25, -0.2) is 4.79 Å². The first kappa shape index (κ1) is 23.9. The SMILES string of the molecule is C#CCCCCCCCCC(=O)NCc1cn(C2CC(O)C(CO)O2)c(=O)[nH]c1=O. The summed E-state index contributed by atoms with van der Waals surface area (Å²) < 4.78 is 6.63. The van der Waals surface area contributed by atoms with Gasteiger partial charge in [-0.3, -0.25) is 19.1 Å². The summed E-state index contributed by atoms with van der Waals surface area (Å²) in [5.41, 5.74) is -1.05. The molecule has 0 aromatic carbocycles. The number of amides is 1. The number of hydrogen-bond donors (Lipinski definition) is 4. The molecule has 0 saturated carbocycles. The van der Waals surface area contributed by atoms with Gasteiger partial charge in [-0.05, 0) is 12.8 Å². The van der Waals surface area contributed by atoms with E-state index < -0.39 is 29.7 Å². The van der Waals surface area contributed by atoms with E-state index in [1.165, 1.54) is 10.8 Å². The number of nitrogens with one attached hydrogen (secondary N) is 2. The predicted molar refractivity (Wildman–Crippen MR) is 111 cm³/mol. The lowest BCUT2D eigenvalue weighted by Gasteiger charge is -2.15. The lowest BCUT2D eigenvalue weighted by atomic mass is 10.1. The van der Waals surface area contributed by atoms with Crippen LogP contribution in [0.2, 0.25) is 0 Å². The van der Waals surface area contributed by atoms with Crippen LogP contribution in [-0.4, -0.2) is 44.5 Å². The summed E-state index contributed by atoms with van der Waals surface area (Å²) in [6.07, 6.45) is 11.4. The highest BCUT2D eigenvalue weighted by Crippen LogP contribution is 2.27. The molecule has 3 unspecified atom stereocenters. The van der Waals surface area contributed by atoms with E-state index >= 15 is 0 Å². The largest absolute Gasteiger partial charge is 0.394 e. The Balaban J connectivity index is 1.80. The molecule has 2 heterocycles. The number of unbranched alkanes of at least 4 members (excludes halogenated alkanes) is 6. The molecule has 30 heavy (non-hydrogen) atoms. The number of H-pyrrole nitrogens is 1. The molecule has 1 saturated heterocycles. The fourth-order valence-corrected chi connectivity index (χ4v) is 3.42. The second kappa shape index (κ2) is 12.3. The van der Waals surface area contributed by atoms with Crippen molar-refractivity contribution in [2.75, 3.05) is 6.61 Å². The van der Waals surface area contributed by atoms with Crippen LogP contribution in [0.15, 0.2) is 15.8 Å². The summed E-state index contributed by atoms with van der Waals surface area (Å²) >= 11 is 0. The number of aliphatic hydroxyl groups is 2. The highest BCUT2D eigenvalue weighted by Gasteiger charge is 2.35. The van der Waals surface area contributed by atoms with Crippen LogP contribution in [-0.2, 0) is 16.1 Å². The number of aromatic amines is 1. The third kappa shape index (κ3) is 7.13. The molecule has 166 valence electrons. The molecule has 9 nitrogen and oxygen atoms in total. The zero-order valence-electron chi connectivity index (χ0n) is 17.1. The van der Waals surface area contributed by atoms with Gasteiger partial charge in [0.1, 0.15) is 12.3 Å². The van der Waals surface area contributed by atoms with Gasteiger partial charge in [0.15, 0.2) is 0 Å². The number of rotatable bonds is 12. The molecule has 0 aliphatic carbocycles. The molecular weight excluding hydrogens is 390 g/mol. The zero-order valence-corrected chi connectivity index (χ0v) is 17.1. The monoisotopic (exact) mass is 421 g/mol. The summed E-state index contributed by atoms with van der Waals surface area (Å²) in [4.78, 5) is 38.4. The Kier molecular flexibility index (Phi) is 9.80. The minimum Gasteiger partial charge on any atom is -0.394 e. The third-order valence-corrected chi connectivity index (χ3v) is 5.19. The summed E-state index contributed by atoms with van der Waals surface area (Å²) in [6, 6.07) is 0. The molecule has 1 aliphatic heterocycles. The van der Waals surface area contributed by atoms with Crippen LogP contribution < -0.4 is 16.6 Å². The maximum atomic E-state index is 12.1. The molecule has 0 radical (unpaired) electrons. The molecular formula is C21H31N3O6. The Bertz CT molecular complexity index is 840. The van der Waals surface area contributed by atoms with E-state index in [4.69, 9.17) is 11.2 Å². The van der Waals surface area contributed by atoms with E-state index in [1.54, 1.807) is 0 Å². The maximum absolute atomic E-state index is 12.1. The zero-order chi connectivity index (χ0) is 21.9. The Hall–Kier alpha value is -2.41. The number of carbonyl (C=O) groups is 1. The minimum atomic E-state index is -0.903. The Morgan fingerprint density at radius 1 is 1.27 bits per heavy atom. The average molecular weight is 421 g/mol. The third-order valence-electron chi connectivity index (χ3n) is 5.19. The first-order valence-electron chi connectivity index (χ1n) is 10.4. The van der Waals surface area contributed by atoms with Crippen molar-refractivity contribution in [3.8, 4) is 12.3 Å². The number of aromatic nitrogens is 2. The first-order valence-corrected chi connectivity index (χ1v) is 10.4. The van der Waals surface area contributed by atoms with E-state index in [1.807, 2.05) is 0 Å². The highest BCUT2D eigenvalue weighted by molar-refractivity contribution is 5.75. The molecule has 2 rings (SSSR count). The number of terminal acetylenes is 1. The van der Waals surface area contributed by atoms with Crippen molar-refractivity contribution in [2.45, 2.75) is 82.8 Å². The van der Waals surface area contributed by atoms with Crippen molar-refractivity contribution in [2.24, 2.45) is 0 Å². The van der Waals surface area contributed by atoms with Gasteiger partial charge in [-0.2, -0.15) is 0 Å². The normalized spacial score (nSPS) is 20.8. The molecule has 1 aromatic rings. The van der Waals surface area contributed by atoms with Gasteiger partial charge in [0.05, 0.1) is 18.3 Å². The summed E-state index contributed by atoms with van der Waals surface area (Å²) in [5.74, 6) is 2.46. The van der Waals surface area contributed by atoms with Gasteiger partial charge in [-0.15, -0.1) is 12.3 Å². The van der Waals surface area contributed by atoms with E-state index in [9.17, 15) is 24.6 Å². The molecule has 4 N–H and O–H groups in total. The van der Waals surface area contributed by atoms with Crippen molar-refractivity contribution in [3.63, 3.8) is 0 Å². The summed E-state index contributed by atoms with van der Waals surface area (Å²) in [5, 5.41) is 21.7.